The standard InChI is InChI=1S/C19H17F3N4O4S/c1-3-16(27)26(31(28,29)19(20,21)22)14-9-11-15(12-10-14)30-18-23-17(24-25(18)2)13-7-5-4-6-8-13/h4-12H,3H2,1-2H3. The largest absolute Gasteiger partial charge is 0.517 e. The molecule has 0 aliphatic rings. The van der Waals surface area contributed by atoms with Gasteiger partial charge in [-0.25, -0.2) is 4.68 Å². The van der Waals surface area contributed by atoms with E-state index in [0.717, 1.165) is 17.7 Å². The summed E-state index contributed by atoms with van der Waals surface area (Å²) in [5.41, 5.74) is -5.33. The highest BCUT2D eigenvalue weighted by molar-refractivity contribution is 7.94. The van der Waals surface area contributed by atoms with Gasteiger partial charge in [0.1, 0.15) is 5.75 Å². The molecule has 0 unspecified atom stereocenters. The van der Waals surface area contributed by atoms with E-state index >= 15 is 0 Å². The van der Waals surface area contributed by atoms with Gasteiger partial charge in [-0.3, -0.25) is 4.79 Å². The van der Waals surface area contributed by atoms with Gasteiger partial charge in [-0.2, -0.15) is 30.9 Å². The van der Waals surface area contributed by atoms with Crippen molar-refractivity contribution >= 4 is 21.6 Å². The van der Waals surface area contributed by atoms with Crippen LogP contribution in [0.5, 0.6) is 11.8 Å². The van der Waals surface area contributed by atoms with Crippen LogP contribution in [0, 0.1) is 0 Å². The van der Waals surface area contributed by atoms with Crippen molar-refractivity contribution in [2.24, 2.45) is 7.05 Å². The van der Waals surface area contributed by atoms with Gasteiger partial charge in [0.05, 0.1) is 5.69 Å². The van der Waals surface area contributed by atoms with Gasteiger partial charge in [0.2, 0.25) is 5.91 Å². The lowest BCUT2D eigenvalue weighted by Gasteiger charge is -2.23. The Balaban J connectivity index is 1.88. The summed E-state index contributed by atoms with van der Waals surface area (Å²) in [5, 5.41) is 4.24. The van der Waals surface area contributed by atoms with Gasteiger partial charge in [-0.1, -0.05) is 37.3 Å². The molecule has 0 saturated carbocycles. The molecular formula is C19H17F3N4O4S. The number of sulfonamides is 1. The molecule has 3 rings (SSSR count). The van der Waals surface area contributed by atoms with E-state index in [2.05, 4.69) is 10.1 Å². The van der Waals surface area contributed by atoms with Gasteiger partial charge in [0.25, 0.3) is 0 Å². The number of anilines is 1. The molecule has 0 radical (unpaired) electrons. The molecule has 0 aliphatic heterocycles. The lowest BCUT2D eigenvalue weighted by Crippen LogP contribution is -2.44. The summed E-state index contributed by atoms with van der Waals surface area (Å²) in [7, 11) is -4.29. The smallest absolute Gasteiger partial charge is 0.424 e. The molecule has 0 spiro atoms. The van der Waals surface area contributed by atoms with Gasteiger partial charge < -0.3 is 4.74 Å². The van der Waals surface area contributed by atoms with E-state index in [4.69, 9.17) is 4.74 Å². The Morgan fingerprint density at radius 2 is 1.71 bits per heavy atom. The van der Waals surface area contributed by atoms with Crippen LogP contribution in [0.2, 0.25) is 0 Å². The molecule has 0 saturated heterocycles. The first kappa shape index (κ1) is 22.3. The molecule has 1 aromatic heterocycles. The third-order valence-corrected chi connectivity index (χ3v) is 5.58. The molecule has 0 aliphatic carbocycles. The van der Waals surface area contributed by atoms with Crippen molar-refractivity contribution in [3.05, 3.63) is 54.6 Å². The van der Waals surface area contributed by atoms with Crippen molar-refractivity contribution in [2.75, 3.05) is 4.31 Å². The topological polar surface area (TPSA) is 94.4 Å². The monoisotopic (exact) mass is 454 g/mol. The number of carbonyl (C=O) groups is 1. The number of carbonyl (C=O) groups excluding carboxylic acids is 1. The number of amides is 1. The van der Waals surface area contributed by atoms with Crippen molar-refractivity contribution in [3.63, 3.8) is 0 Å². The van der Waals surface area contributed by atoms with Gasteiger partial charge in [-0.15, -0.1) is 5.10 Å². The summed E-state index contributed by atoms with van der Waals surface area (Å²) in [6.45, 7) is 1.26. The van der Waals surface area contributed by atoms with Gasteiger partial charge in [0.15, 0.2) is 5.82 Å². The van der Waals surface area contributed by atoms with Gasteiger partial charge in [-0.05, 0) is 24.3 Å². The Kier molecular flexibility index (Phi) is 6.02. The number of rotatable bonds is 6. The van der Waals surface area contributed by atoms with Crippen molar-refractivity contribution < 1.29 is 31.1 Å². The third kappa shape index (κ3) is 4.53. The molecule has 12 heteroatoms. The summed E-state index contributed by atoms with van der Waals surface area (Å²) < 4.78 is 69.4. The molecule has 0 atom stereocenters. The number of benzene rings is 2. The fourth-order valence-electron chi connectivity index (χ4n) is 2.59. The minimum Gasteiger partial charge on any atom is -0.424 e. The number of alkyl halides is 3. The van der Waals surface area contributed by atoms with Crippen LogP contribution >= 0.6 is 0 Å². The van der Waals surface area contributed by atoms with Crippen molar-refractivity contribution in [2.45, 2.75) is 18.9 Å². The molecule has 2 aromatic carbocycles. The second-order valence-electron chi connectivity index (χ2n) is 6.27. The molecular weight excluding hydrogens is 437 g/mol. The maximum atomic E-state index is 13.0. The van der Waals surface area contributed by atoms with E-state index in [1.807, 2.05) is 30.3 Å². The predicted molar refractivity (Wildman–Crippen MR) is 106 cm³/mol. The zero-order chi connectivity index (χ0) is 22.8. The Hall–Kier alpha value is -3.41. The number of hydrogen-bond acceptors (Lipinski definition) is 6. The number of hydrogen-bond donors (Lipinski definition) is 0. The predicted octanol–water partition coefficient (Wildman–Crippen LogP) is 3.87. The average Bonchev–Trinajstić information content (AvgIpc) is 3.09. The molecule has 0 fully saturated rings. The van der Waals surface area contributed by atoms with Gasteiger partial charge >= 0.3 is 21.5 Å². The first-order valence-electron chi connectivity index (χ1n) is 8.93. The minimum absolute atomic E-state index is 0.107. The first-order valence-corrected chi connectivity index (χ1v) is 10.4. The van der Waals surface area contributed by atoms with E-state index in [1.54, 1.807) is 7.05 Å². The summed E-state index contributed by atoms with van der Waals surface area (Å²) in [4.78, 5) is 16.2. The van der Waals surface area contributed by atoms with Crippen molar-refractivity contribution in [1.29, 1.82) is 0 Å². The van der Waals surface area contributed by atoms with Crippen LogP contribution in [0.15, 0.2) is 54.6 Å². The molecule has 164 valence electrons. The highest BCUT2D eigenvalue weighted by Crippen LogP contribution is 2.33. The molecule has 8 nitrogen and oxygen atoms in total. The molecule has 0 N–H and O–H groups in total. The van der Waals surface area contributed by atoms with E-state index in [9.17, 15) is 26.4 Å². The van der Waals surface area contributed by atoms with Crippen molar-refractivity contribution in [3.8, 4) is 23.1 Å². The number of halogens is 3. The van der Waals surface area contributed by atoms with E-state index in [1.165, 1.54) is 23.7 Å². The lowest BCUT2D eigenvalue weighted by atomic mass is 10.2. The van der Waals surface area contributed by atoms with Crippen LogP contribution in [0.4, 0.5) is 18.9 Å². The summed E-state index contributed by atoms with van der Waals surface area (Å²) in [6.07, 6.45) is -0.436. The van der Waals surface area contributed by atoms with Crippen LogP contribution in [-0.2, 0) is 21.9 Å². The number of aryl methyl sites for hydroxylation is 1. The Morgan fingerprint density at radius 3 is 2.26 bits per heavy atom. The highest BCUT2D eigenvalue weighted by atomic mass is 32.2. The number of aromatic nitrogens is 3. The molecule has 0 bridgehead atoms. The first-order chi connectivity index (χ1) is 14.5. The summed E-state index contributed by atoms with van der Waals surface area (Å²) in [5.74, 6) is -0.648. The van der Waals surface area contributed by atoms with E-state index in [-0.39, 0.29) is 16.1 Å². The Morgan fingerprint density at radius 1 is 1.10 bits per heavy atom. The van der Waals surface area contributed by atoms with E-state index < -0.39 is 33.5 Å². The SMILES string of the molecule is CCC(=O)N(c1ccc(Oc2nc(-c3ccccc3)nn2C)cc1)S(=O)(=O)C(F)(F)F. The summed E-state index contributed by atoms with van der Waals surface area (Å²) >= 11 is 0. The Labute approximate surface area is 175 Å². The van der Waals surface area contributed by atoms with Crippen LogP contribution < -0.4 is 9.04 Å². The van der Waals surface area contributed by atoms with Crippen LogP contribution in [-0.4, -0.2) is 34.6 Å². The van der Waals surface area contributed by atoms with Crippen LogP contribution in [0.25, 0.3) is 11.4 Å². The quantitative estimate of drug-likeness (QED) is 0.561. The zero-order valence-electron chi connectivity index (χ0n) is 16.4. The van der Waals surface area contributed by atoms with Crippen LogP contribution in [0.1, 0.15) is 13.3 Å². The maximum absolute atomic E-state index is 13.0. The number of nitrogens with zero attached hydrogens (tertiary/aromatic N) is 4. The fraction of sp³-hybridized carbons (Fsp3) is 0.211. The average molecular weight is 454 g/mol. The molecule has 1 amide bonds. The second-order valence-corrected chi connectivity index (χ2v) is 8.04. The fourth-order valence-corrected chi connectivity index (χ4v) is 3.59. The Bertz CT molecular complexity index is 1180. The third-order valence-electron chi connectivity index (χ3n) is 4.10. The van der Waals surface area contributed by atoms with E-state index in [0.29, 0.717) is 5.82 Å². The number of ether oxygens (including phenoxy) is 1. The minimum atomic E-state index is -5.89. The van der Waals surface area contributed by atoms with Crippen molar-refractivity contribution in [1.82, 2.24) is 14.8 Å². The lowest BCUT2D eigenvalue weighted by molar-refractivity contribution is -0.117. The second kappa shape index (κ2) is 8.38. The van der Waals surface area contributed by atoms with Gasteiger partial charge in [0, 0.05) is 19.0 Å². The maximum Gasteiger partial charge on any atom is 0.517 e. The zero-order valence-corrected chi connectivity index (χ0v) is 17.2. The highest BCUT2D eigenvalue weighted by Gasteiger charge is 2.52. The molecule has 31 heavy (non-hydrogen) atoms. The normalized spacial score (nSPS) is 11.9. The summed E-state index contributed by atoms with van der Waals surface area (Å²) in [6, 6.07) is 13.8. The molecule has 1 heterocycles. The molecule has 3 aromatic rings. The van der Waals surface area contributed by atoms with Crippen LogP contribution in [0.3, 0.4) is 0 Å².